The van der Waals surface area contributed by atoms with Gasteiger partial charge in [0, 0.05) is 22.0 Å². The number of aryl methyl sites for hydroxylation is 1. The van der Waals surface area contributed by atoms with Gasteiger partial charge in [0.15, 0.2) is 0 Å². The van der Waals surface area contributed by atoms with Crippen molar-refractivity contribution in [2.24, 2.45) is 7.05 Å². The van der Waals surface area contributed by atoms with Gasteiger partial charge in [-0.25, -0.2) is 0 Å². The lowest BCUT2D eigenvalue weighted by Crippen LogP contribution is -1.94. The largest absolute Gasteiger partial charge is 0.281 e. The van der Waals surface area contributed by atoms with Gasteiger partial charge in [0.1, 0.15) is 5.15 Å². The van der Waals surface area contributed by atoms with Crippen molar-refractivity contribution in [3.8, 4) is 0 Å². The van der Waals surface area contributed by atoms with Gasteiger partial charge in [0.25, 0.3) is 0 Å². The third-order valence-electron chi connectivity index (χ3n) is 2.13. The van der Waals surface area contributed by atoms with Gasteiger partial charge >= 0.3 is 0 Å². The van der Waals surface area contributed by atoms with Crippen molar-refractivity contribution < 1.29 is 4.79 Å². The SMILES string of the molecule is Cn1ncc(C(=O)Sc2cc(Cl)cc(Cl)c2)c1Cl. The normalized spacial score (nSPS) is 10.7. The Labute approximate surface area is 123 Å². The molecule has 0 radical (unpaired) electrons. The highest BCUT2D eigenvalue weighted by atomic mass is 35.5. The zero-order chi connectivity index (χ0) is 13.3. The average Bonchev–Trinajstić information content (AvgIpc) is 2.58. The maximum atomic E-state index is 12.0. The molecule has 0 amide bonds. The first-order valence-corrected chi connectivity index (χ1v) is 6.78. The Morgan fingerprint density at radius 1 is 1.22 bits per heavy atom. The van der Waals surface area contributed by atoms with Crippen molar-refractivity contribution in [1.82, 2.24) is 9.78 Å². The Hall–Kier alpha value is -0.680. The minimum atomic E-state index is -0.202. The standard InChI is InChI=1S/C11H7Cl3N2OS/c1-16-10(14)9(5-15-16)11(17)18-8-3-6(12)2-7(13)4-8/h2-5H,1H3. The number of hydrogen-bond acceptors (Lipinski definition) is 3. The molecule has 0 fully saturated rings. The van der Waals surface area contributed by atoms with Crippen LogP contribution in [0.4, 0.5) is 0 Å². The molecule has 18 heavy (non-hydrogen) atoms. The van der Waals surface area contributed by atoms with E-state index in [4.69, 9.17) is 34.8 Å². The molecule has 0 aliphatic carbocycles. The summed E-state index contributed by atoms with van der Waals surface area (Å²) in [4.78, 5) is 12.7. The van der Waals surface area contributed by atoms with Crippen LogP contribution in [0.3, 0.4) is 0 Å². The molecule has 0 aliphatic rings. The number of halogens is 3. The van der Waals surface area contributed by atoms with Gasteiger partial charge in [-0.1, -0.05) is 34.8 Å². The summed E-state index contributed by atoms with van der Waals surface area (Å²) in [6.07, 6.45) is 1.43. The molecule has 0 saturated heterocycles. The molecule has 94 valence electrons. The molecule has 0 spiro atoms. The van der Waals surface area contributed by atoms with Crippen LogP contribution in [0.5, 0.6) is 0 Å². The van der Waals surface area contributed by atoms with Gasteiger partial charge in [-0.2, -0.15) is 5.10 Å². The molecule has 0 saturated carbocycles. The molecule has 2 aromatic rings. The lowest BCUT2D eigenvalue weighted by Gasteiger charge is -2.01. The average molecular weight is 322 g/mol. The zero-order valence-electron chi connectivity index (χ0n) is 9.15. The number of carbonyl (C=O) groups excluding carboxylic acids is 1. The van der Waals surface area contributed by atoms with Crippen LogP contribution in [0.15, 0.2) is 29.3 Å². The summed E-state index contributed by atoms with van der Waals surface area (Å²) in [6.45, 7) is 0. The number of nitrogens with zero attached hydrogens (tertiary/aromatic N) is 2. The van der Waals surface area contributed by atoms with E-state index in [0.29, 0.717) is 25.7 Å². The van der Waals surface area contributed by atoms with E-state index < -0.39 is 0 Å². The first kappa shape index (κ1) is 13.7. The van der Waals surface area contributed by atoms with Gasteiger partial charge in [-0.05, 0) is 30.0 Å². The smallest absolute Gasteiger partial charge is 0.228 e. The number of hydrogen-bond donors (Lipinski definition) is 0. The van der Waals surface area contributed by atoms with Crippen molar-refractivity contribution in [1.29, 1.82) is 0 Å². The number of aromatic nitrogens is 2. The summed E-state index contributed by atoms with van der Waals surface area (Å²) < 4.78 is 1.43. The summed E-state index contributed by atoms with van der Waals surface area (Å²) in [5, 5.41) is 4.98. The molecule has 0 atom stereocenters. The van der Waals surface area contributed by atoms with Crippen LogP contribution in [0.25, 0.3) is 0 Å². The minimum absolute atomic E-state index is 0.202. The van der Waals surface area contributed by atoms with E-state index in [1.807, 2.05) is 0 Å². The molecule has 0 aliphatic heterocycles. The fraction of sp³-hybridized carbons (Fsp3) is 0.0909. The van der Waals surface area contributed by atoms with E-state index in [1.54, 1.807) is 25.2 Å². The highest BCUT2D eigenvalue weighted by Gasteiger charge is 2.16. The Morgan fingerprint density at radius 3 is 2.33 bits per heavy atom. The monoisotopic (exact) mass is 320 g/mol. The summed E-state index contributed by atoms with van der Waals surface area (Å²) >= 11 is 18.7. The van der Waals surface area contributed by atoms with Crippen molar-refractivity contribution in [2.75, 3.05) is 0 Å². The van der Waals surface area contributed by atoms with Crippen molar-refractivity contribution in [3.63, 3.8) is 0 Å². The van der Waals surface area contributed by atoms with Crippen molar-refractivity contribution in [2.45, 2.75) is 4.90 Å². The van der Waals surface area contributed by atoms with Crippen LogP contribution < -0.4 is 0 Å². The molecule has 2 rings (SSSR count). The molecule has 7 heteroatoms. The highest BCUT2D eigenvalue weighted by molar-refractivity contribution is 8.14. The highest BCUT2D eigenvalue weighted by Crippen LogP contribution is 2.30. The summed E-state index contributed by atoms with van der Waals surface area (Å²) in [7, 11) is 1.67. The Balaban J connectivity index is 2.24. The molecule has 1 aromatic heterocycles. The van der Waals surface area contributed by atoms with Gasteiger partial charge in [0.05, 0.1) is 11.8 Å². The van der Waals surface area contributed by atoms with E-state index in [0.717, 1.165) is 11.8 Å². The number of thioether (sulfide) groups is 1. The van der Waals surface area contributed by atoms with E-state index in [1.165, 1.54) is 10.9 Å². The van der Waals surface area contributed by atoms with E-state index in [-0.39, 0.29) is 5.12 Å². The van der Waals surface area contributed by atoms with E-state index in [9.17, 15) is 4.79 Å². The zero-order valence-corrected chi connectivity index (χ0v) is 12.2. The Morgan fingerprint density at radius 2 is 1.83 bits per heavy atom. The third kappa shape index (κ3) is 3.01. The first-order chi connectivity index (χ1) is 8.47. The van der Waals surface area contributed by atoms with Crippen LogP contribution in [0.1, 0.15) is 10.4 Å². The Kier molecular flexibility index (Phi) is 4.22. The predicted octanol–water partition coefficient (Wildman–Crippen LogP) is 4.31. The molecule has 0 N–H and O–H groups in total. The lowest BCUT2D eigenvalue weighted by atomic mass is 10.4. The van der Waals surface area contributed by atoms with Gasteiger partial charge < -0.3 is 0 Å². The van der Waals surface area contributed by atoms with Crippen molar-refractivity contribution >= 4 is 51.7 Å². The predicted molar refractivity (Wildman–Crippen MR) is 74.9 cm³/mol. The lowest BCUT2D eigenvalue weighted by molar-refractivity contribution is 0.108. The molecular weight excluding hydrogens is 315 g/mol. The second-order valence-electron chi connectivity index (χ2n) is 3.47. The van der Waals surface area contributed by atoms with Crippen LogP contribution in [0.2, 0.25) is 15.2 Å². The van der Waals surface area contributed by atoms with E-state index >= 15 is 0 Å². The molecule has 0 bridgehead atoms. The van der Waals surface area contributed by atoms with Crippen molar-refractivity contribution in [3.05, 3.63) is 45.2 Å². The third-order valence-corrected chi connectivity index (χ3v) is 3.89. The van der Waals surface area contributed by atoms with Gasteiger partial charge in [-0.15, -0.1) is 0 Å². The summed E-state index contributed by atoms with van der Waals surface area (Å²) in [5.41, 5.74) is 0.361. The van der Waals surface area contributed by atoms with Crippen LogP contribution in [-0.2, 0) is 7.05 Å². The second-order valence-corrected chi connectivity index (χ2v) is 5.74. The maximum Gasteiger partial charge on any atom is 0.228 e. The maximum absolute atomic E-state index is 12.0. The molecule has 3 nitrogen and oxygen atoms in total. The second kappa shape index (κ2) is 5.53. The van der Waals surface area contributed by atoms with Gasteiger partial charge in [0.2, 0.25) is 5.12 Å². The quantitative estimate of drug-likeness (QED) is 0.773. The fourth-order valence-electron chi connectivity index (χ4n) is 1.31. The summed E-state index contributed by atoms with van der Waals surface area (Å²) in [6, 6.07) is 4.94. The van der Waals surface area contributed by atoms with E-state index in [2.05, 4.69) is 5.10 Å². The van der Waals surface area contributed by atoms with Crippen LogP contribution in [-0.4, -0.2) is 14.9 Å². The first-order valence-electron chi connectivity index (χ1n) is 4.83. The number of rotatable bonds is 2. The van der Waals surface area contributed by atoms with Crippen LogP contribution >= 0.6 is 46.6 Å². The Bertz CT molecular complexity index is 592. The number of carbonyl (C=O) groups is 1. The number of benzene rings is 1. The van der Waals surface area contributed by atoms with Gasteiger partial charge in [-0.3, -0.25) is 9.48 Å². The molecule has 1 aromatic carbocycles. The molecular formula is C11H7Cl3N2OS. The minimum Gasteiger partial charge on any atom is -0.281 e. The molecule has 0 unspecified atom stereocenters. The molecule has 1 heterocycles. The fourth-order valence-corrected chi connectivity index (χ4v) is 3.04. The topological polar surface area (TPSA) is 34.9 Å². The summed E-state index contributed by atoms with van der Waals surface area (Å²) in [5.74, 6) is 0. The van der Waals surface area contributed by atoms with Crippen LogP contribution in [0, 0.1) is 0 Å².